The largest absolute Gasteiger partial charge is 0.467 e. The van der Waals surface area contributed by atoms with Gasteiger partial charge in [-0.05, 0) is 41.8 Å². The number of hydrogen-bond acceptors (Lipinski definition) is 4. The second kappa shape index (κ2) is 7.66. The molecule has 25 heavy (non-hydrogen) atoms. The van der Waals surface area contributed by atoms with Gasteiger partial charge in [-0.25, -0.2) is 4.98 Å². The topological polar surface area (TPSA) is 67.2 Å². The Morgan fingerprint density at radius 1 is 1.12 bits per heavy atom. The van der Waals surface area contributed by atoms with E-state index < -0.39 is 0 Å². The number of rotatable bonds is 6. The molecule has 1 aromatic carbocycles. The number of carbonyl (C=O) groups excluding carboxylic acids is 1. The zero-order valence-corrected chi connectivity index (χ0v) is 14.3. The third-order valence-corrected chi connectivity index (χ3v) is 3.87. The van der Waals surface area contributed by atoms with Crippen molar-refractivity contribution in [2.45, 2.75) is 26.3 Å². The second-order valence-electron chi connectivity index (χ2n) is 6.06. The fraction of sp³-hybridized carbons (Fsp3) is 0.200. The molecule has 0 atom stereocenters. The van der Waals surface area contributed by atoms with Gasteiger partial charge in [0, 0.05) is 5.69 Å². The molecule has 5 nitrogen and oxygen atoms in total. The summed E-state index contributed by atoms with van der Waals surface area (Å²) < 4.78 is 5.27. The average molecular weight is 335 g/mol. The lowest BCUT2D eigenvalue weighted by molar-refractivity contribution is 0.102. The Kier molecular flexibility index (Phi) is 5.14. The summed E-state index contributed by atoms with van der Waals surface area (Å²) in [4.78, 5) is 16.7. The van der Waals surface area contributed by atoms with E-state index in [0.717, 1.165) is 22.7 Å². The van der Waals surface area contributed by atoms with Gasteiger partial charge in [-0.1, -0.05) is 32.0 Å². The number of nitrogens with zero attached hydrogens (tertiary/aromatic N) is 1. The molecule has 0 radical (unpaired) electrons. The van der Waals surface area contributed by atoms with Crippen molar-refractivity contribution in [1.82, 2.24) is 4.98 Å². The molecule has 0 spiro atoms. The minimum Gasteiger partial charge on any atom is -0.467 e. The summed E-state index contributed by atoms with van der Waals surface area (Å²) in [6.07, 6.45) is 3.28. The summed E-state index contributed by atoms with van der Waals surface area (Å²) in [5.41, 5.74) is 3.13. The van der Waals surface area contributed by atoms with Crippen LogP contribution in [0.15, 0.2) is 65.4 Å². The number of aromatic nitrogens is 1. The van der Waals surface area contributed by atoms with Crippen LogP contribution in [0.3, 0.4) is 0 Å². The van der Waals surface area contributed by atoms with Crippen LogP contribution < -0.4 is 10.6 Å². The number of pyridine rings is 1. The molecule has 0 aliphatic heterocycles. The summed E-state index contributed by atoms with van der Waals surface area (Å²) in [6, 6.07) is 15.1. The van der Waals surface area contributed by atoms with Gasteiger partial charge in [0.2, 0.25) is 0 Å². The summed E-state index contributed by atoms with van der Waals surface area (Å²) in [6.45, 7) is 4.77. The van der Waals surface area contributed by atoms with E-state index in [1.165, 1.54) is 0 Å². The first-order valence-corrected chi connectivity index (χ1v) is 8.26. The van der Waals surface area contributed by atoms with E-state index >= 15 is 0 Å². The molecule has 0 bridgehead atoms. The highest BCUT2D eigenvalue weighted by Crippen LogP contribution is 2.24. The Morgan fingerprint density at radius 2 is 1.96 bits per heavy atom. The first kappa shape index (κ1) is 16.8. The number of nitrogens with one attached hydrogen (secondary N) is 2. The third kappa shape index (κ3) is 4.26. The Bertz CT molecular complexity index is 824. The molecular weight excluding hydrogens is 314 g/mol. The molecule has 0 saturated carbocycles. The van der Waals surface area contributed by atoms with Gasteiger partial charge in [-0.15, -0.1) is 0 Å². The lowest BCUT2D eigenvalue weighted by Gasteiger charge is -2.13. The fourth-order valence-electron chi connectivity index (χ4n) is 2.54. The fourth-order valence-corrected chi connectivity index (χ4v) is 2.54. The van der Waals surface area contributed by atoms with Crippen molar-refractivity contribution in [3.05, 3.63) is 78.0 Å². The molecule has 3 rings (SSSR count). The Morgan fingerprint density at radius 3 is 2.64 bits per heavy atom. The molecule has 1 amide bonds. The highest BCUT2D eigenvalue weighted by Gasteiger charge is 2.12. The predicted octanol–water partition coefficient (Wildman–Crippen LogP) is 4.66. The minimum atomic E-state index is -0.217. The van der Waals surface area contributed by atoms with Gasteiger partial charge in [-0.3, -0.25) is 4.79 Å². The highest BCUT2D eigenvalue weighted by molar-refractivity contribution is 6.03. The van der Waals surface area contributed by atoms with E-state index in [0.29, 0.717) is 18.2 Å². The van der Waals surface area contributed by atoms with E-state index in [1.807, 2.05) is 42.5 Å². The molecule has 0 aliphatic carbocycles. The van der Waals surface area contributed by atoms with Gasteiger partial charge in [0.05, 0.1) is 24.7 Å². The predicted molar refractivity (Wildman–Crippen MR) is 98.8 cm³/mol. The number of anilines is 2. The van der Waals surface area contributed by atoms with Gasteiger partial charge >= 0.3 is 0 Å². The van der Waals surface area contributed by atoms with Crippen LogP contribution in [0, 0.1) is 0 Å². The number of furan rings is 1. The normalized spacial score (nSPS) is 10.7. The van der Waals surface area contributed by atoms with Crippen LogP contribution in [0.4, 0.5) is 11.4 Å². The zero-order chi connectivity index (χ0) is 17.6. The molecule has 5 heteroatoms. The standard InChI is InChI=1S/C20H21N3O2/c1-14(2)17-7-3-4-8-18(17)23-20(24)19-10-9-15(12-22-19)21-13-16-6-5-11-25-16/h3-12,14,21H,13H2,1-2H3,(H,23,24). The summed E-state index contributed by atoms with van der Waals surface area (Å²) in [7, 11) is 0. The maximum atomic E-state index is 12.4. The van der Waals surface area contributed by atoms with Gasteiger partial charge in [0.15, 0.2) is 0 Å². The van der Waals surface area contributed by atoms with Crippen LogP contribution in [-0.4, -0.2) is 10.9 Å². The lowest BCUT2D eigenvalue weighted by Crippen LogP contribution is -2.15. The third-order valence-electron chi connectivity index (χ3n) is 3.87. The molecule has 128 valence electrons. The van der Waals surface area contributed by atoms with E-state index in [4.69, 9.17) is 4.42 Å². The first-order valence-electron chi connectivity index (χ1n) is 8.26. The Labute approximate surface area is 147 Å². The second-order valence-corrected chi connectivity index (χ2v) is 6.06. The van der Waals surface area contributed by atoms with Crippen LogP contribution in [0.5, 0.6) is 0 Å². The maximum absolute atomic E-state index is 12.4. The van der Waals surface area contributed by atoms with Crippen LogP contribution in [0.25, 0.3) is 0 Å². The molecule has 2 heterocycles. The smallest absolute Gasteiger partial charge is 0.274 e. The van der Waals surface area contributed by atoms with E-state index in [1.54, 1.807) is 18.5 Å². The van der Waals surface area contributed by atoms with Crippen LogP contribution in [0.2, 0.25) is 0 Å². The van der Waals surface area contributed by atoms with Crippen molar-refractivity contribution >= 4 is 17.3 Å². The van der Waals surface area contributed by atoms with Crippen molar-refractivity contribution in [3.63, 3.8) is 0 Å². The molecule has 0 unspecified atom stereocenters. The molecule has 3 aromatic rings. The summed E-state index contributed by atoms with van der Waals surface area (Å²) in [5, 5.41) is 6.14. The molecule has 2 aromatic heterocycles. The van der Waals surface area contributed by atoms with Gasteiger partial charge in [0.25, 0.3) is 5.91 Å². The van der Waals surface area contributed by atoms with Crippen LogP contribution in [0.1, 0.15) is 41.6 Å². The number of hydrogen-bond donors (Lipinski definition) is 2. The maximum Gasteiger partial charge on any atom is 0.274 e. The Balaban J connectivity index is 1.65. The van der Waals surface area contributed by atoms with E-state index in [9.17, 15) is 4.79 Å². The monoisotopic (exact) mass is 335 g/mol. The van der Waals surface area contributed by atoms with Crippen molar-refractivity contribution < 1.29 is 9.21 Å². The van der Waals surface area contributed by atoms with Crippen molar-refractivity contribution in [1.29, 1.82) is 0 Å². The number of para-hydroxylation sites is 1. The van der Waals surface area contributed by atoms with E-state index in [2.05, 4.69) is 29.5 Å². The number of benzene rings is 1. The van der Waals surface area contributed by atoms with E-state index in [-0.39, 0.29) is 5.91 Å². The van der Waals surface area contributed by atoms with Gasteiger partial charge < -0.3 is 15.1 Å². The first-order chi connectivity index (χ1) is 12.1. The number of carbonyl (C=O) groups is 1. The van der Waals surface area contributed by atoms with Crippen LogP contribution in [-0.2, 0) is 6.54 Å². The van der Waals surface area contributed by atoms with Crippen molar-refractivity contribution in [3.8, 4) is 0 Å². The highest BCUT2D eigenvalue weighted by atomic mass is 16.3. The molecule has 0 saturated heterocycles. The van der Waals surface area contributed by atoms with Gasteiger partial charge in [-0.2, -0.15) is 0 Å². The lowest BCUT2D eigenvalue weighted by atomic mass is 10.0. The summed E-state index contributed by atoms with van der Waals surface area (Å²) >= 11 is 0. The number of amides is 1. The van der Waals surface area contributed by atoms with Crippen molar-refractivity contribution in [2.24, 2.45) is 0 Å². The molecular formula is C20H21N3O2. The van der Waals surface area contributed by atoms with Crippen LogP contribution >= 0.6 is 0 Å². The zero-order valence-electron chi connectivity index (χ0n) is 14.3. The summed E-state index contributed by atoms with van der Waals surface area (Å²) in [5.74, 6) is 0.954. The average Bonchev–Trinajstić information content (AvgIpc) is 3.14. The SMILES string of the molecule is CC(C)c1ccccc1NC(=O)c1ccc(NCc2ccco2)cn1. The quantitative estimate of drug-likeness (QED) is 0.687. The van der Waals surface area contributed by atoms with Gasteiger partial charge in [0.1, 0.15) is 11.5 Å². The Hall–Kier alpha value is -3.08. The minimum absolute atomic E-state index is 0.217. The van der Waals surface area contributed by atoms with Crippen molar-refractivity contribution in [2.75, 3.05) is 10.6 Å². The molecule has 2 N–H and O–H groups in total. The molecule has 0 aliphatic rings. The molecule has 0 fully saturated rings.